The SMILES string of the molecule is Cc1cc(-c2nnc(-c3ccccc3)o2)c(C)n1CC(=O)NCc1ccccc1F. The van der Waals surface area contributed by atoms with Crippen LogP contribution in [0.5, 0.6) is 0 Å². The van der Waals surface area contributed by atoms with Gasteiger partial charge in [-0.15, -0.1) is 10.2 Å². The molecule has 4 rings (SSSR count). The number of halogens is 1. The fourth-order valence-corrected chi connectivity index (χ4v) is 3.33. The monoisotopic (exact) mass is 404 g/mol. The third-order valence-corrected chi connectivity index (χ3v) is 4.99. The molecule has 0 aliphatic carbocycles. The first-order valence-electron chi connectivity index (χ1n) is 9.59. The number of carbonyl (C=O) groups excluding carboxylic acids is 1. The van der Waals surface area contributed by atoms with Gasteiger partial charge in [0.1, 0.15) is 12.4 Å². The van der Waals surface area contributed by atoms with Crippen molar-refractivity contribution in [1.29, 1.82) is 0 Å². The van der Waals surface area contributed by atoms with Crippen LogP contribution in [-0.2, 0) is 17.9 Å². The summed E-state index contributed by atoms with van der Waals surface area (Å²) >= 11 is 0. The van der Waals surface area contributed by atoms with Gasteiger partial charge in [0.25, 0.3) is 0 Å². The van der Waals surface area contributed by atoms with E-state index in [1.165, 1.54) is 6.07 Å². The van der Waals surface area contributed by atoms with Crippen molar-refractivity contribution in [1.82, 2.24) is 20.1 Å². The number of amides is 1. The number of aromatic nitrogens is 3. The van der Waals surface area contributed by atoms with Crippen molar-refractivity contribution in [2.24, 2.45) is 0 Å². The van der Waals surface area contributed by atoms with Crippen LogP contribution < -0.4 is 5.32 Å². The van der Waals surface area contributed by atoms with E-state index in [2.05, 4.69) is 15.5 Å². The Morgan fingerprint density at radius 3 is 2.50 bits per heavy atom. The molecule has 7 heteroatoms. The Bertz CT molecular complexity index is 1180. The highest BCUT2D eigenvalue weighted by molar-refractivity contribution is 5.76. The highest BCUT2D eigenvalue weighted by Gasteiger charge is 2.18. The molecule has 2 aromatic carbocycles. The second-order valence-corrected chi connectivity index (χ2v) is 7.02. The van der Waals surface area contributed by atoms with Crippen LogP contribution in [0.25, 0.3) is 22.9 Å². The molecule has 6 nitrogen and oxygen atoms in total. The minimum atomic E-state index is -0.334. The van der Waals surface area contributed by atoms with Gasteiger partial charge < -0.3 is 14.3 Å². The Labute approximate surface area is 173 Å². The molecule has 0 unspecified atom stereocenters. The molecule has 1 N–H and O–H groups in total. The average molecular weight is 404 g/mol. The first-order valence-corrected chi connectivity index (χ1v) is 9.59. The number of rotatable bonds is 6. The molecule has 4 aromatic rings. The molecule has 2 heterocycles. The second kappa shape index (κ2) is 8.32. The van der Waals surface area contributed by atoms with E-state index in [-0.39, 0.29) is 24.8 Å². The summed E-state index contributed by atoms with van der Waals surface area (Å²) in [5.74, 6) is 0.305. The van der Waals surface area contributed by atoms with E-state index < -0.39 is 0 Å². The van der Waals surface area contributed by atoms with Gasteiger partial charge in [0, 0.05) is 29.1 Å². The molecule has 0 bridgehead atoms. The van der Waals surface area contributed by atoms with E-state index in [0.717, 1.165) is 22.5 Å². The number of aryl methyl sites for hydroxylation is 1. The summed E-state index contributed by atoms with van der Waals surface area (Å²) in [6.07, 6.45) is 0. The standard InChI is InChI=1S/C23H21FN4O2/c1-15-12-19(23-27-26-22(30-23)17-8-4-3-5-9-17)16(2)28(15)14-21(29)25-13-18-10-6-7-11-20(18)24/h3-12H,13-14H2,1-2H3,(H,25,29). The number of hydrogen-bond acceptors (Lipinski definition) is 4. The first-order chi connectivity index (χ1) is 14.5. The lowest BCUT2D eigenvalue weighted by molar-refractivity contribution is -0.121. The van der Waals surface area contributed by atoms with Crippen molar-refractivity contribution in [3.63, 3.8) is 0 Å². The number of carbonyl (C=O) groups is 1. The van der Waals surface area contributed by atoms with Crippen LogP contribution in [0.15, 0.2) is 65.1 Å². The van der Waals surface area contributed by atoms with Gasteiger partial charge in [-0.05, 0) is 38.1 Å². The minimum Gasteiger partial charge on any atom is -0.416 e. The Balaban J connectivity index is 1.49. The lowest BCUT2D eigenvalue weighted by atomic mass is 10.2. The van der Waals surface area contributed by atoms with Gasteiger partial charge in [0.2, 0.25) is 17.7 Å². The first kappa shape index (κ1) is 19.6. The molecule has 0 radical (unpaired) electrons. The molecule has 2 aromatic heterocycles. The van der Waals surface area contributed by atoms with Crippen LogP contribution in [-0.4, -0.2) is 20.7 Å². The lowest BCUT2D eigenvalue weighted by Crippen LogP contribution is -2.28. The predicted molar refractivity (Wildman–Crippen MR) is 111 cm³/mol. The Hall–Kier alpha value is -3.74. The van der Waals surface area contributed by atoms with Crippen LogP contribution in [0.2, 0.25) is 0 Å². The normalized spacial score (nSPS) is 10.9. The summed E-state index contributed by atoms with van der Waals surface area (Å²) in [5, 5.41) is 11.1. The third-order valence-electron chi connectivity index (χ3n) is 4.99. The topological polar surface area (TPSA) is 73.0 Å². The molecular formula is C23H21FN4O2. The Morgan fingerprint density at radius 1 is 1.03 bits per heavy atom. The van der Waals surface area contributed by atoms with Gasteiger partial charge in [0.05, 0.1) is 5.56 Å². The highest BCUT2D eigenvalue weighted by atomic mass is 19.1. The molecular weight excluding hydrogens is 383 g/mol. The zero-order valence-corrected chi connectivity index (χ0v) is 16.7. The highest BCUT2D eigenvalue weighted by Crippen LogP contribution is 2.28. The van der Waals surface area contributed by atoms with E-state index >= 15 is 0 Å². The number of benzene rings is 2. The maximum Gasteiger partial charge on any atom is 0.249 e. The van der Waals surface area contributed by atoms with Crippen molar-refractivity contribution in [3.8, 4) is 22.9 Å². The number of hydrogen-bond donors (Lipinski definition) is 1. The van der Waals surface area contributed by atoms with E-state index in [9.17, 15) is 9.18 Å². The van der Waals surface area contributed by atoms with Crippen LogP contribution in [0.4, 0.5) is 4.39 Å². The molecule has 0 fully saturated rings. The van der Waals surface area contributed by atoms with Gasteiger partial charge in [-0.25, -0.2) is 4.39 Å². The molecule has 152 valence electrons. The second-order valence-electron chi connectivity index (χ2n) is 7.02. The quantitative estimate of drug-likeness (QED) is 0.521. The van der Waals surface area contributed by atoms with Gasteiger partial charge in [0.15, 0.2) is 0 Å². The largest absolute Gasteiger partial charge is 0.416 e. The molecule has 0 aliphatic rings. The van der Waals surface area contributed by atoms with E-state index in [1.54, 1.807) is 18.2 Å². The summed E-state index contributed by atoms with van der Waals surface area (Å²) in [5.41, 5.74) is 3.81. The average Bonchev–Trinajstić information content (AvgIpc) is 3.34. The maximum absolute atomic E-state index is 13.7. The fraction of sp³-hybridized carbons (Fsp3) is 0.174. The minimum absolute atomic E-state index is 0.117. The lowest BCUT2D eigenvalue weighted by Gasteiger charge is -2.10. The molecule has 0 spiro atoms. The Kier molecular flexibility index (Phi) is 5.43. The molecule has 30 heavy (non-hydrogen) atoms. The number of nitrogens with one attached hydrogen (secondary N) is 1. The molecule has 0 atom stereocenters. The fourth-order valence-electron chi connectivity index (χ4n) is 3.33. The van der Waals surface area contributed by atoms with Crippen LogP contribution in [0.3, 0.4) is 0 Å². The van der Waals surface area contributed by atoms with E-state index in [0.29, 0.717) is 17.3 Å². The molecule has 0 aliphatic heterocycles. The zero-order valence-electron chi connectivity index (χ0n) is 16.7. The zero-order chi connectivity index (χ0) is 21.1. The van der Waals surface area contributed by atoms with Crippen LogP contribution in [0, 0.1) is 19.7 Å². The van der Waals surface area contributed by atoms with Crippen molar-refractivity contribution in [3.05, 3.63) is 83.4 Å². The summed E-state index contributed by atoms with van der Waals surface area (Å²) in [4.78, 5) is 12.4. The summed E-state index contributed by atoms with van der Waals surface area (Å²) in [7, 11) is 0. The van der Waals surface area contributed by atoms with E-state index in [1.807, 2.05) is 54.8 Å². The number of nitrogens with zero attached hydrogens (tertiary/aromatic N) is 3. The smallest absolute Gasteiger partial charge is 0.249 e. The summed E-state index contributed by atoms with van der Waals surface area (Å²) in [6, 6.07) is 17.9. The van der Waals surface area contributed by atoms with Gasteiger partial charge in [-0.2, -0.15) is 0 Å². The Morgan fingerprint density at radius 2 is 1.73 bits per heavy atom. The molecule has 0 saturated carbocycles. The summed E-state index contributed by atoms with van der Waals surface area (Å²) < 4.78 is 21.5. The van der Waals surface area contributed by atoms with Crippen LogP contribution in [0.1, 0.15) is 17.0 Å². The van der Waals surface area contributed by atoms with Crippen molar-refractivity contribution >= 4 is 5.91 Å². The van der Waals surface area contributed by atoms with Crippen molar-refractivity contribution in [2.75, 3.05) is 0 Å². The maximum atomic E-state index is 13.7. The summed E-state index contributed by atoms with van der Waals surface area (Å²) in [6.45, 7) is 4.07. The van der Waals surface area contributed by atoms with Gasteiger partial charge >= 0.3 is 0 Å². The molecule has 1 amide bonds. The third kappa shape index (κ3) is 4.00. The van der Waals surface area contributed by atoms with Crippen molar-refractivity contribution in [2.45, 2.75) is 26.9 Å². The predicted octanol–water partition coefficient (Wildman–Crippen LogP) is 4.28. The van der Waals surface area contributed by atoms with Crippen molar-refractivity contribution < 1.29 is 13.6 Å². The van der Waals surface area contributed by atoms with Gasteiger partial charge in [-0.3, -0.25) is 4.79 Å². The van der Waals surface area contributed by atoms with Gasteiger partial charge in [-0.1, -0.05) is 36.4 Å². The van der Waals surface area contributed by atoms with E-state index in [4.69, 9.17) is 4.42 Å². The molecule has 0 saturated heterocycles. The van der Waals surface area contributed by atoms with Crippen LogP contribution >= 0.6 is 0 Å².